The predicted molar refractivity (Wildman–Crippen MR) is 13.7 cm³/mol. The molecular formula is CH4F5OW. The minimum absolute atomic E-state index is 1.00. The summed E-state index contributed by atoms with van der Waals surface area (Å²) >= 11 is -9.25. The summed E-state index contributed by atoms with van der Waals surface area (Å²) in [5.74, 6) is 0. The van der Waals surface area contributed by atoms with Crippen LogP contribution in [0.25, 0.3) is 0 Å². The summed E-state index contributed by atoms with van der Waals surface area (Å²) in [7, 11) is 1.00. The Balaban J connectivity index is 0. The Morgan fingerprint density at radius 1 is 0.875 bits per heavy atom. The van der Waals surface area contributed by atoms with Gasteiger partial charge in [0.05, 0.1) is 0 Å². The Hall–Kier alpha value is 0.298. The monoisotopic (exact) mass is 311 g/mol. The van der Waals surface area contributed by atoms with E-state index < -0.39 is 17.4 Å². The molecule has 8 heavy (non-hydrogen) atoms. The standard InChI is InChI=1S/CH4O.5FH.W/c1-2;;;;;;/h2H,1H3;5*1H;/q;;;;;;+5/p-5. The number of hydrogen-bond donors (Lipinski definition) is 1. The Bertz CT molecular complexity index is 45.6. The first-order valence-corrected chi connectivity index (χ1v) is 6.76. The van der Waals surface area contributed by atoms with Gasteiger partial charge < -0.3 is 5.11 Å². The molecule has 0 aliphatic rings. The molecule has 0 unspecified atom stereocenters. The van der Waals surface area contributed by atoms with E-state index in [1.165, 1.54) is 0 Å². The van der Waals surface area contributed by atoms with Gasteiger partial charge in [0.2, 0.25) is 0 Å². The van der Waals surface area contributed by atoms with Crippen LogP contribution in [-0.2, 0) is 17.4 Å². The Morgan fingerprint density at radius 2 is 0.875 bits per heavy atom. The SMILES string of the molecule is CO.[F][W]([F])([F])([F])[F]. The first-order chi connectivity index (χ1) is 3.24. The Kier molecular flexibility index (Phi) is 3.80. The zero-order chi connectivity index (χ0) is 7.45. The van der Waals surface area contributed by atoms with E-state index in [4.69, 9.17) is 5.11 Å². The average molecular weight is 311 g/mol. The number of rotatable bonds is 0. The fraction of sp³-hybridized carbons (Fsp3) is 1.00. The summed E-state index contributed by atoms with van der Waals surface area (Å²) in [6, 6.07) is 0. The molecule has 0 heterocycles. The maximum atomic E-state index is 9.92. The molecule has 0 saturated carbocycles. The molecule has 0 aromatic carbocycles. The molecule has 1 nitrogen and oxygen atoms in total. The van der Waals surface area contributed by atoms with Gasteiger partial charge in [0.25, 0.3) is 0 Å². The molecule has 0 aliphatic heterocycles. The number of aliphatic hydroxyl groups excluding tert-OH is 1. The van der Waals surface area contributed by atoms with Crippen LogP contribution in [0.3, 0.4) is 0 Å². The van der Waals surface area contributed by atoms with Crippen LogP contribution in [0.1, 0.15) is 0 Å². The van der Waals surface area contributed by atoms with Crippen LogP contribution in [0.4, 0.5) is 15.8 Å². The van der Waals surface area contributed by atoms with E-state index in [2.05, 4.69) is 0 Å². The molecule has 7 heteroatoms. The third-order valence-corrected chi connectivity index (χ3v) is 0. The predicted octanol–water partition coefficient (Wildman–Crippen LogP) is 1.71. The van der Waals surface area contributed by atoms with Crippen LogP contribution in [0.15, 0.2) is 0 Å². The van der Waals surface area contributed by atoms with E-state index in [1.807, 2.05) is 0 Å². The molecule has 0 amide bonds. The van der Waals surface area contributed by atoms with Gasteiger partial charge in [0, 0.05) is 7.11 Å². The molecule has 0 spiro atoms. The van der Waals surface area contributed by atoms with Crippen molar-refractivity contribution in [2.45, 2.75) is 0 Å². The van der Waals surface area contributed by atoms with Gasteiger partial charge in [-0.1, -0.05) is 0 Å². The van der Waals surface area contributed by atoms with Crippen molar-refractivity contribution in [1.82, 2.24) is 0 Å². The van der Waals surface area contributed by atoms with Crippen molar-refractivity contribution >= 4 is 0 Å². The van der Waals surface area contributed by atoms with Crippen molar-refractivity contribution in [1.29, 1.82) is 0 Å². The van der Waals surface area contributed by atoms with Crippen LogP contribution in [0.2, 0.25) is 0 Å². The third-order valence-electron chi connectivity index (χ3n) is 0. The van der Waals surface area contributed by atoms with Crippen molar-refractivity contribution in [3.63, 3.8) is 0 Å². The molecule has 0 fully saturated rings. The quantitative estimate of drug-likeness (QED) is 0.675. The summed E-state index contributed by atoms with van der Waals surface area (Å²) in [5.41, 5.74) is 0. The summed E-state index contributed by atoms with van der Waals surface area (Å²) in [4.78, 5) is 0. The van der Waals surface area contributed by atoms with E-state index in [0.29, 0.717) is 0 Å². The second-order valence-corrected chi connectivity index (χ2v) is 4.77. The molecule has 1 N–H and O–H groups in total. The van der Waals surface area contributed by atoms with Crippen molar-refractivity contribution in [3.8, 4) is 0 Å². The molecule has 55 valence electrons. The van der Waals surface area contributed by atoms with E-state index in [0.717, 1.165) is 7.11 Å². The zero-order valence-electron chi connectivity index (χ0n) is 3.75. The second kappa shape index (κ2) is 2.73. The molecule has 0 aromatic rings. The zero-order valence-corrected chi connectivity index (χ0v) is 6.68. The summed E-state index contributed by atoms with van der Waals surface area (Å²) in [6.07, 6.45) is 0. The fourth-order valence-corrected chi connectivity index (χ4v) is 0. The van der Waals surface area contributed by atoms with Crippen LogP contribution in [-0.4, -0.2) is 12.2 Å². The van der Waals surface area contributed by atoms with Gasteiger partial charge in [0.15, 0.2) is 0 Å². The third kappa shape index (κ3) is 1990. The summed E-state index contributed by atoms with van der Waals surface area (Å²) in [5, 5.41) is 7.00. The van der Waals surface area contributed by atoms with Gasteiger partial charge >= 0.3 is 33.2 Å². The van der Waals surface area contributed by atoms with Gasteiger partial charge in [-0.3, -0.25) is 0 Å². The van der Waals surface area contributed by atoms with Gasteiger partial charge in [0.1, 0.15) is 0 Å². The van der Waals surface area contributed by atoms with Crippen LogP contribution in [0, 0.1) is 0 Å². The molecule has 0 atom stereocenters. The van der Waals surface area contributed by atoms with E-state index in [-0.39, 0.29) is 0 Å². The van der Waals surface area contributed by atoms with Crippen LogP contribution in [0.5, 0.6) is 0 Å². The molecule has 0 aliphatic carbocycles. The molecule has 0 rings (SSSR count). The van der Waals surface area contributed by atoms with E-state index in [9.17, 15) is 15.8 Å². The van der Waals surface area contributed by atoms with E-state index >= 15 is 0 Å². The molecule has 0 radical (unpaired) electrons. The van der Waals surface area contributed by atoms with Crippen molar-refractivity contribution in [2.24, 2.45) is 0 Å². The van der Waals surface area contributed by atoms with Crippen molar-refractivity contribution in [3.05, 3.63) is 0 Å². The van der Waals surface area contributed by atoms with E-state index in [1.54, 1.807) is 0 Å². The first kappa shape index (κ1) is 11.1. The number of halogens is 5. The first-order valence-electron chi connectivity index (χ1n) is 1.22. The minimum atomic E-state index is -9.25. The Labute approximate surface area is 46.2 Å². The van der Waals surface area contributed by atoms with Crippen molar-refractivity contribution in [2.75, 3.05) is 7.11 Å². The molecule has 0 bridgehead atoms. The van der Waals surface area contributed by atoms with Crippen LogP contribution >= 0.6 is 0 Å². The second-order valence-electron chi connectivity index (χ2n) is 0.583. The molecule has 0 aromatic heterocycles. The summed E-state index contributed by atoms with van der Waals surface area (Å²) < 4.78 is 49.6. The van der Waals surface area contributed by atoms with Crippen molar-refractivity contribution < 1.29 is 38.3 Å². The summed E-state index contributed by atoms with van der Waals surface area (Å²) in [6.45, 7) is 0. The van der Waals surface area contributed by atoms with Gasteiger partial charge in [-0.2, -0.15) is 0 Å². The van der Waals surface area contributed by atoms with Gasteiger partial charge in [-0.05, 0) is 0 Å². The Morgan fingerprint density at radius 3 is 0.875 bits per heavy atom. The average Bonchev–Trinajstić information content (AvgIpc) is 1.33. The topological polar surface area (TPSA) is 20.2 Å². The van der Waals surface area contributed by atoms with Gasteiger partial charge in [-0.15, -0.1) is 0 Å². The normalized spacial score (nSPS) is 15.1. The fourth-order valence-electron chi connectivity index (χ4n) is 0. The number of hydrogen-bond acceptors (Lipinski definition) is 1. The molecular weight excluding hydrogens is 307 g/mol. The van der Waals surface area contributed by atoms with Gasteiger partial charge in [-0.25, -0.2) is 0 Å². The number of aliphatic hydroxyl groups is 1. The maximum absolute atomic E-state index is 9.92. The van der Waals surface area contributed by atoms with Crippen LogP contribution < -0.4 is 0 Å². The molecule has 0 saturated heterocycles.